The molecule has 0 saturated carbocycles. The number of fused-ring (bicyclic) bond motifs is 1. The zero-order chi connectivity index (χ0) is 24.5. The van der Waals surface area contributed by atoms with Crippen molar-refractivity contribution in [2.75, 3.05) is 4.90 Å². The minimum absolute atomic E-state index is 0.278. The van der Waals surface area contributed by atoms with E-state index < -0.39 is 7.26 Å². The van der Waals surface area contributed by atoms with Crippen LogP contribution in [0, 0.1) is 0 Å². The first-order valence-electron chi connectivity index (χ1n) is 12.0. The summed E-state index contributed by atoms with van der Waals surface area (Å²) in [5, 5.41) is 4.73. The SMILES string of the molecule is O=C1c2ccc([PH](c3ccccc3)(c3ccccc3)c3ccccc3)cc2C(=O)N1c1ccccc1. The summed E-state index contributed by atoms with van der Waals surface area (Å²) in [6.07, 6.45) is 0. The third-order valence-electron chi connectivity index (χ3n) is 6.95. The van der Waals surface area contributed by atoms with E-state index in [0.717, 1.165) is 5.30 Å². The maximum absolute atomic E-state index is 13.6. The van der Waals surface area contributed by atoms with Gasteiger partial charge in [-0.1, -0.05) is 0 Å². The van der Waals surface area contributed by atoms with Crippen LogP contribution in [0.15, 0.2) is 140 Å². The van der Waals surface area contributed by atoms with Gasteiger partial charge in [0.1, 0.15) is 0 Å². The Balaban J connectivity index is 1.62. The monoisotopic (exact) mass is 485 g/mol. The molecule has 6 rings (SSSR count). The van der Waals surface area contributed by atoms with E-state index in [1.807, 2.05) is 48.5 Å². The van der Waals surface area contributed by atoms with Crippen LogP contribution in [0.3, 0.4) is 0 Å². The van der Waals surface area contributed by atoms with Gasteiger partial charge in [0, 0.05) is 0 Å². The number of imide groups is 1. The number of amides is 2. The molecule has 36 heavy (non-hydrogen) atoms. The molecule has 2 amide bonds. The fraction of sp³-hybridized carbons (Fsp3) is 0. The molecule has 5 aromatic carbocycles. The second-order valence-corrected chi connectivity index (χ2v) is 12.7. The van der Waals surface area contributed by atoms with Crippen molar-refractivity contribution in [1.29, 1.82) is 0 Å². The first kappa shape index (κ1) is 22.2. The Morgan fingerprint density at radius 3 is 1.31 bits per heavy atom. The number of benzene rings is 5. The molecule has 3 nitrogen and oxygen atoms in total. The fourth-order valence-corrected chi connectivity index (χ4v) is 10.1. The summed E-state index contributed by atoms with van der Waals surface area (Å²) in [5.74, 6) is -0.556. The molecule has 5 aromatic rings. The molecule has 1 heterocycles. The average molecular weight is 486 g/mol. The molecule has 0 N–H and O–H groups in total. The van der Waals surface area contributed by atoms with Crippen LogP contribution in [0.2, 0.25) is 0 Å². The third-order valence-corrected chi connectivity index (χ3v) is 11.7. The summed E-state index contributed by atoms with van der Waals surface area (Å²) < 4.78 is 0. The van der Waals surface area contributed by atoms with Gasteiger partial charge in [-0.15, -0.1) is 0 Å². The van der Waals surface area contributed by atoms with Crippen molar-refractivity contribution in [2.45, 2.75) is 0 Å². The second-order valence-electron chi connectivity index (χ2n) is 8.89. The number of carbonyl (C=O) groups is 2. The predicted molar refractivity (Wildman–Crippen MR) is 150 cm³/mol. The van der Waals surface area contributed by atoms with Gasteiger partial charge in [-0.25, -0.2) is 0 Å². The molecule has 4 heteroatoms. The molecular formula is C32H24NO2P. The van der Waals surface area contributed by atoms with Gasteiger partial charge in [0.15, 0.2) is 0 Å². The van der Waals surface area contributed by atoms with Gasteiger partial charge < -0.3 is 0 Å². The maximum atomic E-state index is 13.6. The Bertz CT molecular complexity index is 1460. The predicted octanol–water partition coefficient (Wildman–Crippen LogP) is 4.84. The summed E-state index contributed by atoms with van der Waals surface area (Å²) in [6.45, 7) is 0. The van der Waals surface area contributed by atoms with E-state index in [0.29, 0.717) is 16.8 Å². The molecular weight excluding hydrogens is 461 g/mol. The van der Waals surface area contributed by atoms with Crippen molar-refractivity contribution < 1.29 is 9.59 Å². The van der Waals surface area contributed by atoms with E-state index in [1.54, 1.807) is 12.1 Å². The summed E-state index contributed by atoms with van der Waals surface area (Å²) >= 11 is 0. The Kier molecular flexibility index (Phi) is 5.56. The fourth-order valence-electron chi connectivity index (χ4n) is 5.35. The Hall–Kier alpha value is -4.33. The topological polar surface area (TPSA) is 37.4 Å². The third kappa shape index (κ3) is 3.40. The van der Waals surface area contributed by atoms with Gasteiger partial charge in [0.05, 0.1) is 0 Å². The molecule has 1 aliphatic rings. The standard InChI is InChI=1S/C32H24NO2P/c34-31-29-22-21-28(23-30(29)32(35)33(31)24-13-5-1-6-14-24)36(25-15-7-2-8-16-25,26-17-9-3-10-18-26)27-19-11-4-12-20-27/h1-23,36H. The summed E-state index contributed by atoms with van der Waals surface area (Å²) in [4.78, 5) is 28.2. The molecule has 0 spiro atoms. The molecule has 0 radical (unpaired) electrons. The molecule has 174 valence electrons. The van der Waals surface area contributed by atoms with Crippen molar-refractivity contribution in [1.82, 2.24) is 0 Å². The van der Waals surface area contributed by atoms with Crippen LogP contribution in [0.4, 0.5) is 5.69 Å². The Labute approximate surface area is 211 Å². The molecule has 0 bridgehead atoms. The zero-order valence-electron chi connectivity index (χ0n) is 19.5. The van der Waals surface area contributed by atoms with Crippen LogP contribution in [0.5, 0.6) is 0 Å². The summed E-state index contributed by atoms with van der Waals surface area (Å²) in [7, 11) is -2.78. The minimum atomic E-state index is -2.78. The van der Waals surface area contributed by atoms with Gasteiger partial charge in [-0.3, -0.25) is 0 Å². The van der Waals surface area contributed by atoms with Crippen molar-refractivity contribution >= 4 is 46.0 Å². The number of carbonyl (C=O) groups excluding carboxylic acids is 2. The summed E-state index contributed by atoms with van der Waals surface area (Å²) in [6, 6.07) is 46.6. The first-order chi connectivity index (χ1) is 17.7. The van der Waals surface area contributed by atoms with Gasteiger partial charge in [-0.05, 0) is 0 Å². The van der Waals surface area contributed by atoms with E-state index in [1.165, 1.54) is 20.8 Å². The van der Waals surface area contributed by atoms with Gasteiger partial charge in [-0.2, -0.15) is 0 Å². The van der Waals surface area contributed by atoms with Gasteiger partial charge in [0.2, 0.25) is 0 Å². The van der Waals surface area contributed by atoms with E-state index in [9.17, 15) is 9.59 Å². The molecule has 0 aromatic heterocycles. The van der Waals surface area contributed by atoms with Crippen LogP contribution in [-0.2, 0) is 0 Å². The van der Waals surface area contributed by atoms with E-state index >= 15 is 0 Å². The number of rotatable bonds is 5. The Morgan fingerprint density at radius 2 is 0.833 bits per heavy atom. The van der Waals surface area contributed by atoms with Gasteiger partial charge in [0.25, 0.3) is 0 Å². The van der Waals surface area contributed by atoms with Crippen LogP contribution in [0.25, 0.3) is 0 Å². The normalized spacial score (nSPS) is 13.5. The molecule has 0 atom stereocenters. The number of para-hydroxylation sites is 1. The van der Waals surface area contributed by atoms with E-state index in [2.05, 4.69) is 78.9 Å². The number of hydrogen-bond donors (Lipinski definition) is 0. The van der Waals surface area contributed by atoms with Crippen LogP contribution in [0.1, 0.15) is 20.7 Å². The molecule has 0 unspecified atom stereocenters. The number of anilines is 1. The van der Waals surface area contributed by atoms with Crippen LogP contribution < -0.4 is 26.1 Å². The Morgan fingerprint density at radius 1 is 0.417 bits per heavy atom. The number of hydrogen-bond acceptors (Lipinski definition) is 2. The quantitative estimate of drug-likeness (QED) is 0.264. The average Bonchev–Trinajstić information content (AvgIpc) is 3.20. The second kappa shape index (κ2) is 9.03. The van der Waals surface area contributed by atoms with Crippen molar-refractivity contribution in [3.8, 4) is 0 Å². The molecule has 0 saturated heterocycles. The zero-order valence-corrected chi connectivity index (χ0v) is 20.5. The number of nitrogens with zero attached hydrogens (tertiary/aromatic N) is 1. The van der Waals surface area contributed by atoms with Crippen LogP contribution in [-0.4, -0.2) is 11.8 Å². The van der Waals surface area contributed by atoms with Crippen molar-refractivity contribution in [3.63, 3.8) is 0 Å². The van der Waals surface area contributed by atoms with Crippen molar-refractivity contribution in [3.05, 3.63) is 151 Å². The molecule has 1 aliphatic heterocycles. The van der Waals surface area contributed by atoms with Gasteiger partial charge >= 0.3 is 211 Å². The van der Waals surface area contributed by atoms with Crippen LogP contribution >= 0.6 is 7.26 Å². The van der Waals surface area contributed by atoms with E-state index in [-0.39, 0.29) is 11.8 Å². The van der Waals surface area contributed by atoms with Crippen molar-refractivity contribution in [2.24, 2.45) is 0 Å². The van der Waals surface area contributed by atoms with E-state index in [4.69, 9.17) is 0 Å². The molecule has 0 aliphatic carbocycles. The summed E-state index contributed by atoms with van der Waals surface area (Å²) in [5.41, 5.74) is 1.49. The molecule has 0 fully saturated rings. The first-order valence-corrected chi connectivity index (χ1v) is 14.0.